The van der Waals surface area contributed by atoms with Crippen molar-refractivity contribution < 1.29 is 9.53 Å². The number of benzene rings is 1. The minimum Gasteiger partial charge on any atom is -0.469 e. The molecule has 0 amide bonds. The lowest BCUT2D eigenvalue weighted by Crippen LogP contribution is -3.27. The van der Waals surface area contributed by atoms with Crippen molar-refractivity contribution in [2.75, 3.05) is 7.11 Å². The molecule has 0 unspecified atom stereocenters. The average molecular weight is 545 g/mol. The van der Waals surface area contributed by atoms with E-state index in [-0.39, 0.29) is 11.4 Å². The van der Waals surface area contributed by atoms with Gasteiger partial charge in [0.1, 0.15) is 0 Å². The minimum absolute atomic E-state index is 0.0887. The summed E-state index contributed by atoms with van der Waals surface area (Å²) in [5, 5.41) is 0. The molecule has 24 saturated carbocycles. The van der Waals surface area contributed by atoms with E-state index in [0.29, 0.717) is 0 Å². The molecule has 0 saturated heterocycles. The van der Waals surface area contributed by atoms with Crippen molar-refractivity contribution in [1.82, 2.24) is 0 Å². The van der Waals surface area contributed by atoms with Crippen molar-refractivity contribution in [2.45, 2.75) is 5.41 Å². The van der Waals surface area contributed by atoms with Crippen molar-refractivity contribution in [2.24, 2.45) is 180 Å². The van der Waals surface area contributed by atoms with E-state index < -0.39 is 0 Å². The standard InChI is InChI=1S/C40H32O2/c1-42-32(41)34-11-17-12(34)19-13(34)18(11)36(17,19)38-23-29-24(38)31-25(38)30(23)40(29,31)39-26-20-27(39)22-28(39)21(26)37(20,22)35-14-8-15(35)10-16(35)9(14)33(8,10)7-5-3-2-4-6-7/h2-6,8-31H,1H3. The first-order chi connectivity index (χ1) is 20.8. The molecule has 1 aromatic carbocycles. The molecular weight excluding hydrogens is 512 g/mol. The van der Waals surface area contributed by atoms with Crippen LogP contribution >= 0.6 is 0 Å². The number of hydrogen-bond donors (Lipinski definition) is 0. The molecule has 2 nitrogen and oxygen atoms in total. The number of carbonyl (C=O) groups is 1. The largest absolute Gasteiger partial charge is 0.469 e. The number of carbonyl (C=O) groups excluding carboxylic acids is 1. The molecular formula is C40H32O2. The number of ether oxygens (including phenoxy) is 1. The Morgan fingerprint density at radius 1 is 0.452 bits per heavy atom. The molecule has 24 aliphatic carbocycles. The Bertz CT molecular complexity index is 1840. The zero-order valence-corrected chi connectivity index (χ0v) is 23.6. The summed E-state index contributed by atoms with van der Waals surface area (Å²) < 4.78 is 5.37. The van der Waals surface area contributed by atoms with Gasteiger partial charge in [-0.1, -0.05) is 30.3 Å². The molecule has 0 aliphatic heterocycles. The molecule has 2 heteroatoms. The molecule has 0 N–H and O–H groups in total. The predicted molar refractivity (Wildman–Crippen MR) is 141 cm³/mol. The van der Waals surface area contributed by atoms with Crippen LogP contribution in [0.2, 0.25) is 0 Å². The van der Waals surface area contributed by atoms with E-state index in [1.807, 2.05) is 0 Å². The Hall–Kier alpha value is -1.31. The highest BCUT2D eigenvalue weighted by molar-refractivity contribution is 5.89. The van der Waals surface area contributed by atoms with Crippen molar-refractivity contribution in [3.63, 3.8) is 0 Å². The molecule has 204 valence electrons. The summed E-state index contributed by atoms with van der Waals surface area (Å²) in [5.74, 6) is 27.9. The van der Waals surface area contributed by atoms with Crippen LogP contribution in [-0.2, 0) is 14.9 Å². The van der Waals surface area contributed by atoms with Gasteiger partial charge in [0.25, 0.3) is 0 Å². The Balaban J connectivity index is 0.632. The second-order valence-corrected chi connectivity index (χ2v) is 21.9. The highest BCUT2D eigenvalue weighted by Gasteiger charge is 3.28. The Morgan fingerprint density at radius 3 is 1.05 bits per heavy atom. The molecule has 1 aromatic rings. The molecule has 42 heavy (non-hydrogen) atoms. The van der Waals surface area contributed by atoms with Gasteiger partial charge < -0.3 is 4.74 Å². The van der Waals surface area contributed by atoms with Crippen LogP contribution < -0.4 is 0 Å². The number of hydrogen-bond acceptors (Lipinski definition) is 2. The number of methoxy groups -OCH3 is 1. The van der Waals surface area contributed by atoms with E-state index in [2.05, 4.69) is 30.3 Å². The van der Waals surface area contributed by atoms with E-state index >= 15 is 0 Å². The van der Waals surface area contributed by atoms with E-state index in [1.165, 1.54) is 88.8 Å². The molecule has 0 atom stereocenters. The second-order valence-electron chi connectivity index (χ2n) is 21.9. The van der Waals surface area contributed by atoms with Gasteiger partial charge in [0, 0.05) is 5.41 Å². The molecule has 24 aliphatic rings. The van der Waals surface area contributed by atoms with Crippen LogP contribution in [0.3, 0.4) is 0 Å². The third-order valence-corrected chi connectivity index (χ3v) is 26.6. The van der Waals surface area contributed by atoms with E-state index in [0.717, 1.165) is 91.2 Å². The first-order valence-corrected chi connectivity index (χ1v) is 18.9. The Labute approximate surface area is 243 Å². The minimum atomic E-state index is 0.0887. The van der Waals surface area contributed by atoms with Gasteiger partial charge in [-0.05, 0) is 180 Å². The van der Waals surface area contributed by atoms with Gasteiger partial charge in [-0.25, -0.2) is 0 Å². The summed E-state index contributed by atoms with van der Waals surface area (Å²) in [4.78, 5) is 12.8. The lowest BCUT2D eigenvalue weighted by atomic mass is 8.74. The van der Waals surface area contributed by atoms with Crippen LogP contribution in [0.25, 0.3) is 0 Å². The number of rotatable bonds is 5. The monoisotopic (exact) mass is 544 g/mol. The summed E-state index contributed by atoms with van der Waals surface area (Å²) in [6.45, 7) is 0. The van der Waals surface area contributed by atoms with Crippen LogP contribution in [-0.4, -0.2) is 13.1 Å². The molecule has 0 heterocycles. The van der Waals surface area contributed by atoms with Crippen LogP contribution in [0.5, 0.6) is 0 Å². The molecule has 0 bridgehead atoms. The maximum atomic E-state index is 12.8. The van der Waals surface area contributed by atoms with Crippen molar-refractivity contribution in [3.8, 4) is 0 Å². The highest BCUT2D eigenvalue weighted by atomic mass is 16.5. The second kappa shape index (κ2) is 3.48. The SMILES string of the molecule is COC(=O)C12C3C4C1C1C2C3C41C12C3C4C1C1C2C3C41C12C3C4C1C1C2C3C41C12C3C4C1C1C2C3C41c1ccccc1. The van der Waals surface area contributed by atoms with Crippen molar-refractivity contribution >= 4 is 5.97 Å². The third kappa shape index (κ3) is 0.664. The zero-order valence-electron chi connectivity index (χ0n) is 23.6. The van der Waals surface area contributed by atoms with Gasteiger partial charge in [-0.2, -0.15) is 0 Å². The fourth-order valence-corrected chi connectivity index (χ4v) is 29.2. The van der Waals surface area contributed by atoms with Crippen LogP contribution in [0.4, 0.5) is 0 Å². The first kappa shape index (κ1) is 17.4. The lowest BCUT2D eigenvalue weighted by molar-refractivity contribution is -0.830. The van der Waals surface area contributed by atoms with Gasteiger partial charge in [0.15, 0.2) is 0 Å². The topological polar surface area (TPSA) is 26.3 Å². The Morgan fingerprint density at radius 2 is 0.738 bits per heavy atom. The Kier molecular flexibility index (Phi) is 1.44. The smallest absolute Gasteiger partial charge is 0.312 e. The van der Waals surface area contributed by atoms with E-state index in [4.69, 9.17) is 4.74 Å². The first-order valence-electron chi connectivity index (χ1n) is 18.9. The number of esters is 1. The highest BCUT2D eigenvalue weighted by Crippen LogP contribution is 3.30. The predicted octanol–water partition coefficient (Wildman–Crippen LogP) is 4.06. The van der Waals surface area contributed by atoms with Crippen molar-refractivity contribution in [3.05, 3.63) is 35.9 Å². The molecule has 0 spiro atoms. The quantitative estimate of drug-likeness (QED) is 0.523. The normalized spacial score (nSPS) is 100. The van der Waals surface area contributed by atoms with E-state index in [9.17, 15) is 4.79 Å². The summed E-state index contributed by atoms with van der Waals surface area (Å²) >= 11 is 0. The summed E-state index contributed by atoms with van der Waals surface area (Å²) in [5.41, 5.74) is 8.19. The van der Waals surface area contributed by atoms with Gasteiger partial charge in [0.05, 0.1) is 12.5 Å². The molecule has 0 aromatic heterocycles. The fourth-order valence-electron chi connectivity index (χ4n) is 29.2. The van der Waals surface area contributed by atoms with Gasteiger partial charge >= 0.3 is 5.97 Å². The zero-order chi connectivity index (χ0) is 25.3. The maximum Gasteiger partial charge on any atom is 0.312 e. The molecule has 25 rings (SSSR count). The average Bonchev–Trinajstić information content (AvgIpc) is 3.07. The third-order valence-electron chi connectivity index (χ3n) is 26.6. The van der Waals surface area contributed by atoms with Gasteiger partial charge in [-0.15, -0.1) is 0 Å². The van der Waals surface area contributed by atoms with Crippen LogP contribution in [0.1, 0.15) is 5.56 Å². The molecule has 0 radical (unpaired) electrons. The summed E-state index contributed by atoms with van der Waals surface area (Å²) in [7, 11) is 1.66. The fraction of sp³-hybridized carbons (Fsp3) is 0.825. The molecule has 24 fully saturated rings. The van der Waals surface area contributed by atoms with Gasteiger partial charge in [0.2, 0.25) is 0 Å². The van der Waals surface area contributed by atoms with E-state index in [1.54, 1.807) is 12.7 Å². The maximum absolute atomic E-state index is 12.8. The summed E-state index contributed by atoms with van der Waals surface area (Å²) in [6, 6.07) is 11.9. The lowest BCUT2D eigenvalue weighted by Gasteiger charge is -3.29. The van der Waals surface area contributed by atoms with Crippen LogP contribution in [0.15, 0.2) is 30.3 Å². The van der Waals surface area contributed by atoms with Crippen LogP contribution in [0, 0.1) is 180 Å². The van der Waals surface area contributed by atoms with Gasteiger partial charge in [-0.3, -0.25) is 4.79 Å². The van der Waals surface area contributed by atoms with Crippen molar-refractivity contribution in [1.29, 1.82) is 0 Å². The summed E-state index contributed by atoms with van der Waals surface area (Å²) in [6.07, 6.45) is 0.